The number of carbonyl (C=O) groups excluding carboxylic acids is 1. The molecule has 1 fully saturated rings. The van der Waals surface area contributed by atoms with Gasteiger partial charge in [0.15, 0.2) is 0 Å². The maximum absolute atomic E-state index is 12.4. The van der Waals surface area contributed by atoms with Crippen LogP contribution in [0, 0.1) is 0 Å². The van der Waals surface area contributed by atoms with Crippen molar-refractivity contribution < 1.29 is 17.9 Å². The minimum absolute atomic E-state index is 0.121. The molecule has 21 heavy (non-hydrogen) atoms. The van der Waals surface area contributed by atoms with Crippen molar-refractivity contribution in [2.75, 3.05) is 31.0 Å². The van der Waals surface area contributed by atoms with E-state index in [2.05, 4.69) is 4.74 Å². The third-order valence-electron chi connectivity index (χ3n) is 2.92. The molecular formula is C11H11Cl3N2O4S. The summed E-state index contributed by atoms with van der Waals surface area (Å²) in [5, 5.41) is 0.545. The van der Waals surface area contributed by atoms with Crippen LogP contribution in [0.4, 0.5) is 5.69 Å². The highest BCUT2D eigenvalue weighted by atomic mass is 35.5. The number of rotatable bonds is 3. The second-order valence-electron chi connectivity index (χ2n) is 4.21. The first-order chi connectivity index (χ1) is 9.77. The molecule has 116 valence electrons. The number of halogens is 3. The number of esters is 1. The molecule has 1 aliphatic rings. The first-order valence-corrected chi connectivity index (χ1v) is 8.29. The molecule has 0 saturated carbocycles. The summed E-state index contributed by atoms with van der Waals surface area (Å²) in [4.78, 5) is 11.3. The summed E-state index contributed by atoms with van der Waals surface area (Å²) in [7, 11) is -2.70. The van der Waals surface area contributed by atoms with Crippen molar-refractivity contribution >= 4 is 56.7 Å². The number of hydrogen-bond acceptors (Lipinski definition) is 4. The van der Waals surface area contributed by atoms with E-state index >= 15 is 0 Å². The van der Waals surface area contributed by atoms with Crippen LogP contribution in [0.1, 0.15) is 0 Å². The zero-order valence-electron chi connectivity index (χ0n) is 10.8. The number of nitrogens with zero attached hydrogens (tertiary/aromatic N) is 2. The van der Waals surface area contributed by atoms with E-state index < -0.39 is 16.2 Å². The van der Waals surface area contributed by atoms with Crippen molar-refractivity contribution in [2.45, 2.75) is 0 Å². The highest BCUT2D eigenvalue weighted by Gasteiger charge is 2.39. The maximum Gasteiger partial charge on any atom is 0.321 e. The lowest BCUT2D eigenvalue weighted by Gasteiger charge is -2.21. The third kappa shape index (κ3) is 3.22. The average Bonchev–Trinajstić information content (AvgIpc) is 2.65. The molecule has 1 aliphatic heterocycles. The fourth-order valence-corrected chi connectivity index (χ4v) is 4.66. The van der Waals surface area contributed by atoms with Crippen LogP contribution in [0.5, 0.6) is 0 Å². The van der Waals surface area contributed by atoms with Gasteiger partial charge in [-0.2, -0.15) is 12.7 Å². The van der Waals surface area contributed by atoms with E-state index in [0.29, 0.717) is 5.02 Å². The normalized spacial score (nSPS) is 18.0. The topological polar surface area (TPSA) is 66.9 Å². The van der Waals surface area contributed by atoms with Crippen molar-refractivity contribution in [3.05, 3.63) is 27.2 Å². The molecule has 0 unspecified atom stereocenters. The van der Waals surface area contributed by atoms with Gasteiger partial charge in [-0.05, 0) is 12.1 Å². The van der Waals surface area contributed by atoms with Gasteiger partial charge in [0, 0.05) is 18.1 Å². The van der Waals surface area contributed by atoms with Crippen LogP contribution in [-0.2, 0) is 19.7 Å². The molecule has 0 aromatic heterocycles. The van der Waals surface area contributed by atoms with E-state index in [-0.39, 0.29) is 35.4 Å². The summed E-state index contributed by atoms with van der Waals surface area (Å²) in [6.07, 6.45) is 0. The Labute approximate surface area is 137 Å². The Bertz CT molecular complexity index is 657. The van der Waals surface area contributed by atoms with E-state index in [9.17, 15) is 13.2 Å². The van der Waals surface area contributed by atoms with Crippen molar-refractivity contribution in [2.24, 2.45) is 0 Å². The molecule has 1 heterocycles. The van der Waals surface area contributed by atoms with Gasteiger partial charge in [-0.25, -0.2) is 0 Å². The Kier molecular flexibility index (Phi) is 4.89. The van der Waals surface area contributed by atoms with E-state index in [1.807, 2.05) is 0 Å². The number of carbonyl (C=O) groups is 1. The van der Waals surface area contributed by atoms with Crippen LogP contribution in [-0.4, -0.2) is 45.4 Å². The fraction of sp³-hybridized carbons (Fsp3) is 0.364. The van der Waals surface area contributed by atoms with Gasteiger partial charge in [-0.3, -0.25) is 9.10 Å². The lowest BCUT2D eigenvalue weighted by molar-refractivity contribution is -0.140. The van der Waals surface area contributed by atoms with E-state index in [1.54, 1.807) is 0 Å². The molecule has 0 spiro atoms. The van der Waals surface area contributed by atoms with Gasteiger partial charge in [-0.15, -0.1) is 0 Å². The monoisotopic (exact) mass is 372 g/mol. The smallest absolute Gasteiger partial charge is 0.321 e. The van der Waals surface area contributed by atoms with Crippen molar-refractivity contribution in [3.8, 4) is 0 Å². The van der Waals surface area contributed by atoms with Crippen LogP contribution in [0.2, 0.25) is 15.1 Å². The fourth-order valence-electron chi connectivity index (χ4n) is 1.94. The van der Waals surface area contributed by atoms with Crippen LogP contribution in [0.3, 0.4) is 0 Å². The largest absolute Gasteiger partial charge is 0.468 e. The highest BCUT2D eigenvalue weighted by molar-refractivity contribution is 7.90. The second kappa shape index (κ2) is 6.18. The number of methoxy groups -OCH3 is 1. The Morgan fingerprint density at radius 2 is 1.81 bits per heavy atom. The van der Waals surface area contributed by atoms with Gasteiger partial charge in [0.25, 0.3) is 0 Å². The van der Waals surface area contributed by atoms with Gasteiger partial charge in [0.05, 0.1) is 22.8 Å². The zero-order valence-corrected chi connectivity index (χ0v) is 13.9. The van der Waals surface area contributed by atoms with Crippen LogP contribution in [0.15, 0.2) is 12.1 Å². The molecule has 0 atom stereocenters. The van der Waals surface area contributed by atoms with Crippen LogP contribution in [0.25, 0.3) is 0 Å². The van der Waals surface area contributed by atoms with Crippen molar-refractivity contribution in [3.63, 3.8) is 0 Å². The Hall–Kier alpha value is -0.730. The summed E-state index contributed by atoms with van der Waals surface area (Å²) < 4.78 is 31.4. The molecule has 1 saturated heterocycles. The highest BCUT2D eigenvalue weighted by Crippen LogP contribution is 2.39. The minimum atomic E-state index is -3.89. The van der Waals surface area contributed by atoms with Gasteiger partial charge in [0.2, 0.25) is 0 Å². The standard InChI is InChI=1S/C11H11Cl3N2O4S/c1-20-10(17)6-15-2-3-16(21(15,18)19)11-8(13)4-7(12)5-9(11)14/h4-5H,2-3,6H2,1H3. The SMILES string of the molecule is COC(=O)CN1CCN(c2c(Cl)cc(Cl)cc2Cl)S1(=O)=O. The Morgan fingerprint density at radius 3 is 2.33 bits per heavy atom. The number of benzene rings is 1. The molecule has 0 N–H and O–H groups in total. The molecule has 0 amide bonds. The quantitative estimate of drug-likeness (QED) is 0.762. The lowest BCUT2D eigenvalue weighted by Crippen LogP contribution is -2.36. The first-order valence-electron chi connectivity index (χ1n) is 5.76. The maximum atomic E-state index is 12.4. The number of ether oxygens (including phenoxy) is 1. The lowest BCUT2D eigenvalue weighted by atomic mass is 10.3. The molecule has 6 nitrogen and oxygen atoms in total. The first kappa shape index (κ1) is 16.6. The molecule has 10 heteroatoms. The van der Waals surface area contributed by atoms with Gasteiger partial charge >= 0.3 is 16.2 Å². The molecule has 1 aromatic rings. The van der Waals surface area contributed by atoms with Crippen molar-refractivity contribution in [1.82, 2.24) is 4.31 Å². The summed E-state index contributed by atoms with van der Waals surface area (Å²) in [5.41, 5.74) is 0.148. The summed E-state index contributed by atoms with van der Waals surface area (Å²) in [6, 6.07) is 2.81. The molecule has 0 radical (unpaired) electrons. The second-order valence-corrected chi connectivity index (χ2v) is 7.31. The third-order valence-corrected chi connectivity index (χ3v) is 5.60. The average molecular weight is 374 g/mol. The molecule has 0 aliphatic carbocycles. The summed E-state index contributed by atoms with van der Waals surface area (Å²) in [5.74, 6) is -0.645. The molecular weight excluding hydrogens is 363 g/mol. The van der Waals surface area contributed by atoms with E-state index in [0.717, 1.165) is 8.61 Å². The Balaban J connectivity index is 2.37. The van der Waals surface area contributed by atoms with E-state index in [1.165, 1.54) is 19.2 Å². The van der Waals surface area contributed by atoms with Gasteiger partial charge in [0.1, 0.15) is 6.54 Å². The van der Waals surface area contributed by atoms with E-state index in [4.69, 9.17) is 34.8 Å². The Morgan fingerprint density at radius 1 is 1.24 bits per heavy atom. The zero-order chi connectivity index (χ0) is 15.8. The molecule has 2 rings (SSSR count). The van der Waals surface area contributed by atoms with Crippen LogP contribution < -0.4 is 4.31 Å². The van der Waals surface area contributed by atoms with Gasteiger partial charge in [-0.1, -0.05) is 34.8 Å². The summed E-state index contributed by atoms with van der Waals surface area (Å²) in [6.45, 7) is -0.106. The number of anilines is 1. The van der Waals surface area contributed by atoms with Crippen molar-refractivity contribution in [1.29, 1.82) is 0 Å². The predicted octanol–water partition coefficient (Wildman–Crippen LogP) is 2.19. The number of hydrogen-bond donors (Lipinski definition) is 0. The predicted molar refractivity (Wildman–Crippen MR) is 81.3 cm³/mol. The summed E-state index contributed by atoms with van der Waals surface area (Å²) >= 11 is 17.9. The van der Waals surface area contributed by atoms with Gasteiger partial charge < -0.3 is 4.74 Å². The molecule has 0 bridgehead atoms. The minimum Gasteiger partial charge on any atom is -0.468 e. The van der Waals surface area contributed by atoms with Crippen LogP contribution >= 0.6 is 34.8 Å². The molecule has 1 aromatic carbocycles.